The third-order valence-electron chi connectivity index (χ3n) is 4.03. The van der Waals surface area contributed by atoms with Crippen LogP contribution in [0, 0.1) is 0 Å². The van der Waals surface area contributed by atoms with Crippen LogP contribution in [-0.4, -0.2) is 34.4 Å². The summed E-state index contributed by atoms with van der Waals surface area (Å²) in [7, 11) is 0. The van der Waals surface area contributed by atoms with Gasteiger partial charge in [-0.25, -0.2) is 0 Å². The number of aromatic nitrogens is 1. The molecule has 1 unspecified atom stereocenters. The normalized spacial score (nSPS) is 20.0. The van der Waals surface area contributed by atoms with Gasteiger partial charge in [-0.1, -0.05) is 23.2 Å². The Morgan fingerprint density at radius 1 is 1.43 bits per heavy atom. The van der Waals surface area contributed by atoms with Crippen LogP contribution in [0.5, 0.6) is 0 Å². The molecule has 3 rings (SSSR count). The summed E-state index contributed by atoms with van der Waals surface area (Å²) in [6.07, 6.45) is 6.26. The fraction of sp³-hybridized carbons (Fsp3) is 0.533. The van der Waals surface area contributed by atoms with Crippen molar-refractivity contribution in [3.8, 4) is 10.6 Å². The number of aliphatic hydroxyl groups is 1. The topological polar surface area (TPSA) is 49.5 Å². The summed E-state index contributed by atoms with van der Waals surface area (Å²) in [5.41, 5.74) is 1.10. The lowest BCUT2D eigenvalue weighted by Crippen LogP contribution is -2.39. The SMILES string of the molecule is OCCC1CCCCN1Cc1cnoc1-c1ccc(Cl)s1. The highest BCUT2D eigenvalue weighted by Crippen LogP contribution is 2.34. The van der Waals surface area contributed by atoms with Gasteiger partial charge in [-0.2, -0.15) is 0 Å². The molecule has 114 valence electrons. The van der Waals surface area contributed by atoms with Gasteiger partial charge in [-0.05, 0) is 37.9 Å². The zero-order valence-corrected chi connectivity index (χ0v) is 13.4. The van der Waals surface area contributed by atoms with E-state index < -0.39 is 0 Å². The van der Waals surface area contributed by atoms with Gasteiger partial charge < -0.3 is 9.63 Å². The van der Waals surface area contributed by atoms with Crippen molar-refractivity contribution in [2.75, 3.05) is 13.2 Å². The molecule has 1 atom stereocenters. The van der Waals surface area contributed by atoms with E-state index in [2.05, 4.69) is 10.1 Å². The molecule has 6 heteroatoms. The first-order chi connectivity index (χ1) is 10.3. The molecule has 1 N–H and O–H groups in total. The Morgan fingerprint density at radius 2 is 2.33 bits per heavy atom. The number of nitrogens with zero attached hydrogens (tertiary/aromatic N) is 2. The van der Waals surface area contributed by atoms with Gasteiger partial charge in [0.15, 0.2) is 5.76 Å². The van der Waals surface area contributed by atoms with Gasteiger partial charge in [-0.3, -0.25) is 4.90 Å². The minimum Gasteiger partial charge on any atom is -0.396 e. The minimum atomic E-state index is 0.248. The molecule has 4 nitrogen and oxygen atoms in total. The molecule has 2 aromatic heterocycles. The zero-order chi connectivity index (χ0) is 14.7. The van der Waals surface area contributed by atoms with Crippen LogP contribution in [0.25, 0.3) is 10.6 Å². The van der Waals surface area contributed by atoms with E-state index in [1.54, 1.807) is 6.20 Å². The van der Waals surface area contributed by atoms with E-state index in [4.69, 9.17) is 16.1 Å². The fourth-order valence-electron chi connectivity index (χ4n) is 2.98. The number of piperidine rings is 1. The summed E-state index contributed by atoms with van der Waals surface area (Å²) in [6, 6.07) is 4.31. The molecular formula is C15H19ClN2O2S. The molecule has 1 fully saturated rings. The summed E-state index contributed by atoms with van der Waals surface area (Å²) >= 11 is 7.51. The smallest absolute Gasteiger partial charge is 0.181 e. The molecule has 0 aliphatic carbocycles. The average Bonchev–Trinajstić information content (AvgIpc) is 3.10. The fourth-order valence-corrected chi connectivity index (χ4v) is 4.03. The van der Waals surface area contributed by atoms with Crippen LogP contribution in [0.15, 0.2) is 22.9 Å². The molecule has 0 bridgehead atoms. The van der Waals surface area contributed by atoms with Crippen molar-refractivity contribution in [1.29, 1.82) is 0 Å². The maximum atomic E-state index is 9.23. The number of halogens is 1. The number of rotatable bonds is 5. The third-order valence-corrected chi connectivity index (χ3v) is 5.26. The van der Waals surface area contributed by atoms with E-state index >= 15 is 0 Å². The maximum absolute atomic E-state index is 9.23. The third kappa shape index (κ3) is 3.48. The van der Waals surface area contributed by atoms with Crippen molar-refractivity contribution in [2.24, 2.45) is 0 Å². The lowest BCUT2D eigenvalue weighted by molar-refractivity contribution is 0.112. The van der Waals surface area contributed by atoms with Gasteiger partial charge in [0.25, 0.3) is 0 Å². The summed E-state index contributed by atoms with van der Waals surface area (Å²) in [5.74, 6) is 0.820. The second-order valence-electron chi connectivity index (χ2n) is 5.42. The monoisotopic (exact) mass is 326 g/mol. The Balaban J connectivity index is 1.77. The lowest BCUT2D eigenvalue weighted by atomic mass is 9.99. The molecule has 0 radical (unpaired) electrons. The maximum Gasteiger partial charge on any atom is 0.181 e. The Morgan fingerprint density at radius 3 is 3.10 bits per heavy atom. The first-order valence-electron chi connectivity index (χ1n) is 7.32. The molecule has 1 aliphatic rings. The predicted octanol–water partition coefficient (Wildman–Crippen LogP) is 3.79. The summed E-state index contributed by atoms with van der Waals surface area (Å²) in [5, 5.41) is 13.2. The van der Waals surface area contributed by atoms with Gasteiger partial charge in [0, 0.05) is 24.8 Å². The van der Waals surface area contributed by atoms with Crippen LogP contribution in [0.2, 0.25) is 4.34 Å². The van der Waals surface area contributed by atoms with E-state index in [0.717, 1.165) is 46.5 Å². The number of hydrogen-bond donors (Lipinski definition) is 1. The molecule has 0 saturated carbocycles. The molecule has 0 amide bonds. The Kier molecular flexibility index (Phi) is 4.95. The Hall–Kier alpha value is -0.880. The number of thiophene rings is 1. The molecule has 2 aromatic rings. The van der Waals surface area contributed by atoms with E-state index in [-0.39, 0.29) is 6.61 Å². The zero-order valence-electron chi connectivity index (χ0n) is 11.8. The van der Waals surface area contributed by atoms with Crippen LogP contribution in [0.1, 0.15) is 31.2 Å². The molecule has 3 heterocycles. The van der Waals surface area contributed by atoms with E-state index in [1.165, 1.54) is 24.2 Å². The second kappa shape index (κ2) is 6.92. The van der Waals surface area contributed by atoms with Crippen molar-refractivity contribution in [1.82, 2.24) is 10.1 Å². The Labute approximate surface area is 133 Å². The molecule has 0 spiro atoms. The lowest BCUT2D eigenvalue weighted by Gasteiger charge is -2.35. The largest absolute Gasteiger partial charge is 0.396 e. The van der Waals surface area contributed by atoms with Crippen molar-refractivity contribution in [2.45, 2.75) is 38.3 Å². The van der Waals surface area contributed by atoms with Crippen LogP contribution >= 0.6 is 22.9 Å². The number of aliphatic hydroxyl groups excluding tert-OH is 1. The number of hydrogen-bond acceptors (Lipinski definition) is 5. The van der Waals surface area contributed by atoms with Gasteiger partial charge >= 0.3 is 0 Å². The summed E-state index contributed by atoms with van der Waals surface area (Å²) < 4.78 is 6.18. The van der Waals surface area contributed by atoms with E-state index in [0.29, 0.717) is 6.04 Å². The average molecular weight is 327 g/mol. The van der Waals surface area contributed by atoms with Crippen molar-refractivity contribution in [3.63, 3.8) is 0 Å². The van der Waals surface area contributed by atoms with Gasteiger partial charge in [0.05, 0.1) is 15.4 Å². The first-order valence-corrected chi connectivity index (χ1v) is 8.51. The second-order valence-corrected chi connectivity index (χ2v) is 7.13. The van der Waals surface area contributed by atoms with Crippen LogP contribution < -0.4 is 0 Å². The summed E-state index contributed by atoms with van der Waals surface area (Å²) in [6.45, 7) is 2.14. The van der Waals surface area contributed by atoms with E-state index in [9.17, 15) is 5.11 Å². The highest BCUT2D eigenvalue weighted by atomic mass is 35.5. The van der Waals surface area contributed by atoms with Crippen LogP contribution in [0.3, 0.4) is 0 Å². The van der Waals surface area contributed by atoms with Crippen LogP contribution in [0.4, 0.5) is 0 Å². The summed E-state index contributed by atoms with van der Waals surface area (Å²) in [4.78, 5) is 3.45. The van der Waals surface area contributed by atoms with Crippen molar-refractivity contribution in [3.05, 3.63) is 28.2 Å². The van der Waals surface area contributed by atoms with Crippen molar-refractivity contribution >= 4 is 22.9 Å². The van der Waals surface area contributed by atoms with Crippen LogP contribution in [-0.2, 0) is 6.54 Å². The number of likely N-dealkylation sites (tertiary alicyclic amines) is 1. The van der Waals surface area contributed by atoms with Gasteiger partial charge in [-0.15, -0.1) is 11.3 Å². The Bertz CT molecular complexity index is 582. The predicted molar refractivity (Wildman–Crippen MR) is 84.6 cm³/mol. The molecule has 1 saturated heterocycles. The molecule has 1 aliphatic heterocycles. The minimum absolute atomic E-state index is 0.248. The van der Waals surface area contributed by atoms with Gasteiger partial charge in [0.1, 0.15) is 0 Å². The molecular weight excluding hydrogens is 308 g/mol. The van der Waals surface area contributed by atoms with Gasteiger partial charge in [0.2, 0.25) is 0 Å². The molecule has 0 aromatic carbocycles. The van der Waals surface area contributed by atoms with E-state index in [1.807, 2.05) is 12.1 Å². The molecule has 21 heavy (non-hydrogen) atoms. The quantitative estimate of drug-likeness (QED) is 0.908. The van der Waals surface area contributed by atoms with Crippen molar-refractivity contribution < 1.29 is 9.63 Å². The highest BCUT2D eigenvalue weighted by molar-refractivity contribution is 7.19. The first kappa shape index (κ1) is 15.0. The standard InChI is InChI=1S/C15H19ClN2O2S/c16-14-5-4-13(21-14)15-11(9-17-20-15)10-18-7-2-1-3-12(18)6-8-19/h4-5,9,12,19H,1-3,6-8,10H2. The highest BCUT2D eigenvalue weighted by Gasteiger charge is 2.24.